The molecule has 0 aromatic carbocycles. The molecule has 108 valence electrons. The van der Waals surface area contributed by atoms with Crippen LogP contribution in [0.3, 0.4) is 0 Å². The quantitative estimate of drug-likeness (QED) is 0.870. The molecule has 0 aliphatic carbocycles. The van der Waals surface area contributed by atoms with Gasteiger partial charge in [-0.3, -0.25) is 0 Å². The number of nitrogens with zero attached hydrogens (tertiary/aromatic N) is 1. The fourth-order valence-corrected chi connectivity index (χ4v) is 1.17. The van der Waals surface area contributed by atoms with E-state index in [-0.39, 0.29) is 0 Å². The minimum atomic E-state index is -5.57. The van der Waals surface area contributed by atoms with Crippen LogP contribution in [0.4, 0.5) is 26.3 Å². The lowest BCUT2D eigenvalue weighted by atomic mass is 10.2. The molecular formula is C10H10F6N2O. The van der Waals surface area contributed by atoms with Gasteiger partial charge in [-0.15, -0.1) is 0 Å². The number of halogens is 6. The van der Waals surface area contributed by atoms with E-state index in [4.69, 9.17) is 5.73 Å². The van der Waals surface area contributed by atoms with Gasteiger partial charge in [-0.05, 0) is 12.5 Å². The largest absolute Gasteiger partial charge is 0.455 e. The Morgan fingerprint density at radius 1 is 1.11 bits per heavy atom. The van der Waals surface area contributed by atoms with Gasteiger partial charge >= 0.3 is 12.4 Å². The Kier molecular flexibility index (Phi) is 4.28. The van der Waals surface area contributed by atoms with Crippen molar-refractivity contribution in [2.24, 2.45) is 5.73 Å². The number of alkyl halides is 6. The zero-order valence-corrected chi connectivity index (χ0v) is 9.59. The third-order valence-corrected chi connectivity index (χ3v) is 2.12. The lowest BCUT2D eigenvalue weighted by molar-refractivity contribution is -0.300. The molecule has 0 bridgehead atoms. The van der Waals surface area contributed by atoms with Crippen LogP contribution in [-0.4, -0.2) is 23.4 Å². The number of rotatable bonds is 3. The highest BCUT2D eigenvalue weighted by molar-refractivity contribution is 5.20. The highest BCUT2D eigenvalue weighted by atomic mass is 19.4. The summed E-state index contributed by atoms with van der Waals surface area (Å²) in [5, 5.41) is 0. The molecule has 3 nitrogen and oxygen atoms in total. The molecule has 0 fully saturated rings. The topological polar surface area (TPSA) is 48.1 Å². The summed E-state index contributed by atoms with van der Waals surface area (Å²) in [5.74, 6) is -0.774. The maximum absolute atomic E-state index is 12.2. The zero-order chi connectivity index (χ0) is 14.8. The molecule has 2 N–H and O–H groups in total. The van der Waals surface area contributed by atoms with Crippen LogP contribution in [-0.2, 0) is 0 Å². The van der Waals surface area contributed by atoms with Crippen LogP contribution in [0, 0.1) is 0 Å². The van der Waals surface area contributed by atoms with Crippen LogP contribution in [0.5, 0.6) is 5.88 Å². The SMILES string of the molecule is C[C@H](N)c1ccc(OC(C(F)(F)F)C(F)(F)F)nc1. The molecule has 0 amide bonds. The van der Waals surface area contributed by atoms with E-state index in [0.717, 1.165) is 12.3 Å². The molecule has 1 aromatic heterocycles. The molecule has 9 heteroatoms. The molecule has 19 heavy (non-hydrogen) atoms. The first kappa shape index (κ1) is 15.5. The minimum Gasteiger partial charge on any atom is -0.455 e. The molecule has 1 heterocycles. The average molecular weight is 288 g/mol. The van der Waals surface area contributed by atoms with E-state index in [9.17, 15) is 26.3 Å². The number of hydrogen-bond acceptors (Lipinski definition) is 3. The standard InChI is InChI=1S/C10H10F6N2O/c1-5(17)6-2-3-7(18-4-6)19-8(9(11,12)13)10(14,15)16/h2-5,8H,17H2,1H3/t5-/m0/s1. The fourth-order valence-electron chi connectivity index (χ4n) is 1.17. The first-order valence-corrected chi connectivity index (χ1v) is 5.03. The second-order valence-electron chi connectivity index (χ2n) is 3.80. The molecule has 0 aliphatic heterocycles. The van der Waals surface area contributed by atoms with Gasteiger partial charge in [-0.25, -0.2) is 4.98 Å². The molecule has 0 saturated heterocycles. The van der Waals surface area contributed by atoms with Gasteiger partial charge in [0.2, 0.25) is 5.88 Å². The molecule has 1 atom stereocenters. The Balaban J connectivity index is 2.92. The Morgan fingerprint density at radius 2 is 1.63 bits per heavy atom. The van der Waals surface area contributed by atoms with Crippen molar-refractivity contribution in [3.63, 3.8) is 0 Å². The summed E-state index contributed by atoms with van der Waals surface area (Å²) in [7, 11) is 0. The van der Waals surface area contributed by atoms with Gasteiger partial charge in [-0.2, -0.15) is 26.3 Å². The summed E-state index contributed by atoms with van der Waals surface area (Å²) in [4.78, 5) is 3.36. The van der Waals surface area contributed by atoms with Crippen molar-refractivity contribution >= 4 is 0 Å². The summed E-state index contributed by atoms with van der Waals surface area (Å²) >= 11 is 0. The van der Waals surface area contributed by atoms with E-state index in [1.807, 2.05) is 0 Å². The first-order valence-electron chi connectivity index (χ1n) is 5.03. The highest BCUT2D eigenvalue weighted by Crippen LogP contribution is 2.36. The van der Waals surface area contributed by atoms with Gasteiger partial charge in [0.1, 0.15) is 0 Å². The predicted octanol–water partition coefficient (Wildman–Crippen LogP) is 2.97. The fraction of sp³-hybridized carbons (Fsp3) is 0.500. The van der Waals surface area contributed by atoms with Crippen molar-refractivity contribution in [2.45, 2.75) is 31.4 Å². The second kappa shape index (κ2) is 5.24. The molecule has 1 rings (SSSR count). The molecule has 1 aromatic rings. The Hall–Kier alpha value is -1.51. The van der Waals surface area contributed by atoms with Crippen molar-refractivity contribution in [3.05, 3.63) is 23.9 Å². The normalized spacial score (nSPS) is 14.6. The van der Waals surface area contributed by atoms with Crippen LogP contribution in [0.25, 0.3) is 0 Å². The smallest absolute Gasteiger partial charge is 0.434 e. The predicted molar refractivity (Wildman–Crippen MR) is 53.4 cm³/mol. The van der Waals surface area contributed by atoms with E-state index < -0.39 is 30.4 Å². The number of hydrogen-bond donors (Lipinski definition) is 1. The third kappa shape index (κ3) is 4.27. The lowest BCUT2D eigenvalue weighted by Gasteiger charge is -2.23. The van der Waals surface area contributed by atoms with Crippen LogP contribution in [0.2, 0.25) is 0 Å². The molecular weight excluding hydrogens is 278 g/mol. The number of ether oxygens (including phenoxy) is 1. The molecule has 0 radical (unpaired) electrons. The Morgan fingerprint density at radius 3 is 1.95 bits per heavy atom. The van der Waals surface area contributed by atoms with Gasteiger partial charge in [0.25, 0.3) is 6.10 Å². The van der Waals surface area contributed by atoms with E-state index in [0.29, 0.717) is 5.56 Å². The number of nitrogens with two attached hydrogens (primary N) is 1. The van der Waals surface area contributed by atoms with Gasteiger partial charge in [0, 0.05) is 18.3 Å². The lowest BCUT2D eigenvalue weighted by Crippen LogP contribution is -2.46. The molecule has 0 spiro atoms. The Bertz CT molecular complexity index is 398. The summed E-state index contributed by atoms with van der Waals surface area (Å²) in [6.45, 7) is 1.59. The van der Waals surface area contributed by atoms with E-state index in [1.165, 1.54) is 6.07 Å². The Labute approximate surface area is 104 Å². The summed E-state index contributed by atoms with van der Waals surface area (Å²) in [5.41, 5.74) is 5.92. The first-order chi connectivity index (χ1) is 8.51. The zero-order valence-electron chi connectivity index (χ0n) is 9.59. The summed E-state index contributed by atoms with van der Waals surface area (Å²) in [6.07, 6.45) is -14.0. The van der Waals surface area contributed by atoms with Gasteiger partial charge < -0.3 is 10.5 Å². The van der Waals surface area contributed by atoms with Crippen molar-refractivity contribution < 1.29 is 31.1 Å². The number of aromatic nitrogens is 1. The van der Waals surface area contributed by atoms with Crippen molar-refractivity contribution in [2.75, 3.05) is 0 Å². The second-order valence-corrected chi connectivity index (χ2v) is 3.80. The van der Waals surface area contributed by atoms with Gasteiger partial charge in [0.05, 0.1) is 0 Å². The van der Waals surface area contributed by atoms with E-state index in [1.54, 1.807) is 6.92 Å². The highest BCUT2D eigenvalue weighted by Gasteiger charge is 2.59. The van der Waals surface area contributed by atoms with Crippen LogP contribution < -0.4 is 10.5 Å². The van der Waals surface area contributed by atoms with Crippen LogP contribution in [0.15, 0.2) is 18.3 Å². The van der Waals surface area contributed by atoms with Crippen LogP contribution >= 0.6 is 0 Å². The van der Waals surface area contributed by atoms with E-state index >= 15 is 0 Å². The van der Waals surface area contributed by atoms with Crippen LogP contribution in [0.1, 0.15) is 18.5 Å². The summed E-state index contributed by atoms with van der Waals surface area (Å²) < 4.78 is 77.2. The van der Waals surface area contributed by atoms with Crippen molar-refractivity contribution in [3.8, 4) is 5.88 Å². The minimum absolute atomic E-state index is 0.442. The third-order valence-electron chi connectivity index (χ3n) is 2.12. The van der Waals surface area contributed by atoms with Gasteiger partial charge in [0.15, 0.2) is 0 Å². The number of pyridine rings is 1. The average Bonchev–Trinajstić information content (AvgIpc) is 2.23. The molecule has 0 aliphatic rings. The monoisotopic (exact) mass is 288 g/mol. The maximum atomic E-state index is 12.2. The van der Waals surface area contributed by atoms with Gasteiger partial charge in [-0.1, -0.05) is 6.07 Å². The van der Waals surface area contributed by atoms with Crippen molar-refractivity contribution in [1.29, 1.82) is 0 Å². The van der Waals surface area contributed by atoms with E-state index in [2.05, 4.69) is 9.72 Å². The van der Waals surface area contributed by atoms with Crippen molar-refractivity contribution in [1.82, 2.24) is 4.98 Å². The summed E-state index contributed by atoms with van der Waals surface area (Å²) in [6, 6.07) is 1.71. The molecule has 0 unspecified atom stereocenters. The maximum Gasteiger partial charge on any atom is 0.434 e. The molecule has 0 saturated carbocycles.